The number of nitrogens with zero attached hydrogens (tertiary/aromatic N) is 3. The van der Waals surface area contributed by atoms with Crippen LogP contribution in [0.5, 0.6) is 5.75 Å². The van der Waals surface area contributed by atoms with E-state index >= 15 is 0 Å². The molecular weight excluding hydrogens is 435 g/mol. The van der Waals surface area contributed by atoms with E-state index in [1.165, 1.54) is 17.7 Å². The summed E-state index contributed by atoms with van der Waals surface area (Å²) in [6.45, 7) is 7.94. The Labute approximate surface area is 201 Å². The molecule has 4 rings (SSSR count). The number of aromatic nitrogens is 1. The fourth-order valence-electron chi connectivity index (χ4n) is 4.74. The highest BCUT2D eigenvalue weighted by Crippen LogP contribution is 2.25. The van der Waals surface area contributed by atoms with E-state index in [1.807, 2.05) is 12.1 Å². The molecule has 1 aromatic heterocycles. The molecule has 2 fully saturated rings. The van der Waals surface area contributed by atoms with Gasteiger partial charge in [0, 0.05) is 63.6 Å². The number of carbonyl (C=O) groups is 1. The minimum Gasteiger partial charge on any atom is -0.493 e. The van der Waals surface area contributed by atoms with E-state index < -0.39 is 0 Å². The third kappa shape index (κ3) is 7.75. The van der Waals surface area contributed by atoms with Crippen LogP contribution in [0.4, 0.5) is 4.39 Å². The number of halogens is 1. The number of nitrogens with one attached hydrogen (secondary N) is 1. The van der Waals surface area contributed by atoms with Crippen molar-refractivity contribution in [3.05, 3.63) is 60.2 Å². The first-order chi connectivity index (χ1) is 16.7. The van der Waals surface area contributed by atoms with Crippen LogP contribution in [0.2, 0.25) is 0 Å². The van der Waals surface area contributed by atoms with Gasteiger partial charge in [0.25, 0.3) is 0 Å². The number of hydrogen-bond donors (Lipinski definition) is 1. The van der Waals surface area contributed by atoms with E-state index in [0.717, 1.165) is 58.8 Å². The van der Waals surface area contributed by atoms with Crippen LogP contribution in [-0.2, 0) is 16.1 Å². The molecule has 184 valence electrons. The number of amides is 1. The third-order valence-electron chi connectivity index (χ3n) is 6.48. The second kappa shape index (κ2) is 12.8. The van der Waals surface area contributed by atoms with Crippen LogP contribution in [0.15, 0.2) is 48.8 Å². The van der Waals surface area contributed by atoms with E-state index in [1.54, 1.807) is 24.5 Å². The molecule has 0 unspecified atom stereocenters. The number of hydrogen-bond acceptors (Lipinski definition) is 6. The fraction of sp³-hybridized carbons (Fsp3) is 0.538. The highest BCUT2D eigenvalue weighted by atomic mass is 19.1. The zero-order valence-electron chi connectivity index (χ0n) is 19.7. The molecule has 0 spiro atoms. The lowest BCUT2D eigenvalue weighted by Crippen LogP contribution is -2.47. The summed E-state index contributed by atoms with van der Waals surface area (Å²) in [5.74, 6) is 0.408. The monoisotopic (exact) mass is 470 g/mol. The van der Waals surface area contributed by atoms with Crippen molar-refractivity contribution in [3.8, 4) is 5.75 Å². The lowest BCUT2D eigenvalue weighted by atomic mass is 9.88. The largest absolute Gasteiger partial charge is 0.493 e. The van der Waals surface area contributed by atoms with Gasteiger partial charge in [-0.15, -0.1) is 0 Å². The number of rotatable bonds is 10. The minimum absolute atomic E-state index is 0.0971. The summed E-state index contributed by atoms with van der Waals surface area (Å²) in [7, 11) is 0. The number of piperidine rings is 1. The zero-order chi connectivity index (χ0) is 23.6. The van der Waals surface area contributed by atoms with Gasteiger partial charge in [-0.2, -0.15) is 0 Å². The van der Waals surface area contributed by atoms with Gasteiger partial charge in [0.05, 0.1) is 25.7 Å². The fourth-order valence-corrected chi connectivity index (χ4v) is 4.74. The van der Waals surface area contributed by atoms with Crippen LogP contribution in [0, 0.1) is 17.7 Å². The molecule has 2 aliphatic rings. The molecule has 2 atom stereocenters. The maximum Gasteiger partial charge on any atom is 0.224 e. The molecule has 0 aliphatic carbocycles. The van der Waals surface area contributed by atoms with Gasteiger partial charge >= 0.3 is 0 Å². The Bertz CT molecular complexity index is 895. The molecule has 8 heteroatoms. The van der Waals surface area contributed by atoms with Gasteiger partial charge in [-0.05, 0) is 49.2 Å². The van der Waals surface area contributed by atoms with Gasteiger partial charge in [-0.3, -0.25) is 19.6 Å². The molecule has 1 aromatic carbocycles. The van der Waals surface area contributed by atoms with E-state index in [0.29, 0.717) is 25.4 Å². The van der Waals surface area contributed by atoms with Crippen molar-refractivity contribution in [2.45, 2.75) is 19.4 Å². The minimum atomic E-state index is -0.310. The van der Waals surface area contributed by atoms with Gasteiger partial charge in [0.15, 0.2) is 0 Å². The molecule has 7 nitrogen and oxygen atoms in total. The Balaban J connectivity index is 1.30. The number of carbonyl (C=O) groups excluding carboxylic acids is 1. The van der Waals surface area contributed by atoms with E-state index in [9.17, 15) is 9.18 Å². The quantitative estimate of drug-likeness (QED) is 0.539. The van der Waals surface area contributed by atoms with Crippen LogP contribution in [0.1, 0.15) is 18.4 Å². The second-order valence-corrected chi connectivity index (χ2v) is 9.22. The first-order valence-corrected chi connectivity index (χ1v) is 12.2. The van der Waals surface area contributed by atoms with Crippen molar-refractivity contribution in [1.82, 2.24) is 20.1 Å². The standard InChI is InChI=1S/C26H35FN4O3/c27-24-3-1-4-25(16-24)34-20-22-15-23(19-31(18-22)17-21-5-8-28-9-6-21)26(32)29-7-2-10-30-11-13-33-14-12-30/h1,3-6,8-9,16,22-23H,2,7,10-15,17-20H2,(H,29,32)/t22-,23+/m0/s1. The van der Waals surface area contributed by atoms with Gasteiger partial charge in [0.1, 0.15) is 11.6 Å². The molecule has 1 amide bonds. The maximum absolute atomic E-state index is 13.5. The molecule has 0 radical (unpaired) electrons. The van der Waals surface area contributed by atoms with Crippen LogP contribution < -0.4 is 10.1 Å². The lowest BCUT2D eigenvalue weighted by molar-refractivity contribution is -0.127. The van der Waals surface area contributed by atoms with Crippen LogP contribution >= 0.6 is 0 Å². The average Bonchev–Trinajstić information content (AvgIpc) is 2.86. The Morgan fingerprint density at radius 1 is 1.15 bits per heavy atom. The SMILES string of the molecule is O=C(NCCCN1CCOCC1)[C@@H]1C[C@H](COc2cccc(F)c2)CN(Cc2ccncc2)C1. The lowest BCUT2D eigenvalue weighted by Gasteiger charge is -2.37. The van der Waals surface area contributed by atoms with Crippen LogP contribution in [-0.4, -0.2) is 79.8 Å². The van der Waals surface area contributed by atoms with Crippen molar-refractivity contribution in [2.24, 2.45) is 11.8 Å². The molecule has 2 saturated heterocycles. The van der Waals surface area contributed by atoms with Crippen molar-refractivity contribution in [3.63, 3.8) is 0 Å². The Morgan fingerprint density at radius 2 is 1.97 bits per heavy atom. The summed E-state index contributed by atoms with van der Waals surface area (Å²) in [5, 5.41) is 3.15. The predicted molar refractivity (Wildman–Crippen MR) is 128 cm³/mol. The Morgan fingerprint density at radius 3 is 2.76 bits per heavy atom. The first-order valence-electron chi connectivity index (χ1n) is 12.2. The topological polar surface area (TPSA) is 66.9 Å². The smallest absolute Gasteiger partial charge is 0.224 e. The molecule has 3 heterocycles. The summed E-state index contributed by atoms with van der Waals surface area (Å²) < 4.78 is 24.8. The summed E-state index contributed by atoms with van der Waals surface area (Å²) in [6.07, 6.45) is 5.29. The second-order valence-electron chi connectivity index (χ2n) is 9.22. The molecule has 0 saturated carbocycles. The molecular formula is C26H35FN4O3. The number of benzene rings is 1. The van der Waals surface area contributed by atoms with E-state index in [4.69, 9.17) is 9.47 Å². The average molecular weight is 471 g/mol. The summed E-state index contributed by atoms with van der Waals surface area (Å²) in [6, 6.07) is 10.2. The number of ether oxygens (including phenoxy) is 2. The number of morpholine rings is 1. The van der Waals surface area contributed by atoms with E-state index in [2.05, 4.69) is 20.1 Å². The van der Waals surface area contributed by atoms with Gasteiger partial charge in [0.2, 0.25) is 5.91 Å². The first kappa shape index (κ1) is 24.6. The maximum atomic E-state index is 13.5. The Kier molecular flexibility index (Phi) is 9.24. The molecule has 34 heavy (non-hydrogen) atoms. The predicted octanol–water partition coefficient (Wildman–Crippen LogP) is 2.58. The molecule has 0 bridgehead atoms. The summed E-state index contributed by atoms with van der Waals surface area (Å²) >= 11 is 0. The number of likely N-dealkylation sites (tertiary alicyclic amines) is 1. The van der Waals surface area contributed by atoms with Crippen molar-refractivity contribution in [1.29, 1.82) is 0 Å². The van der Waals surface area contributed by atoms with Gasteiger partial charge < -0.3 is 14.8 Å². The van der Waals surface area contributed by atoms with Crippen molar-refractivity contribution < 1.29 is 18.7 Å². The number of pyridine rings is 1. The van der Waals surface area contributed by atoms with Crippen molar-refractivity contribution >= 4 is 5.91 Å². The summed E-state index contributed by atoms with van der Waals surface area (Å²) in [5.41, 5.74) is 1.17. The van der Waals surface area contributed by atoms with Gasteiger partial charge in [-0.1, -0.05) is 6.07 Å². The van der Waals surface area contributed by atoms with Crippen LogP contribution in [0.3, 0.4) is 0 Å². The molecule has 2 aromatic rings. The summed E-state index contributed by atoms with van der Waals surface area (Å²) in [4.78, 5) is 21.8. The normalized spacial score (nSPS) is 21.8. The van der Waals surface area contributed by atoms with Crippen molar-refractivity contribution in [2.75, 3.05) is 59.1 Å². The van der Waals surface area contributed by atoms with Crippen LogP contribution in [0.25, 0.3) is 0 Å². The zero-order valence-corrected chi connectivity index (χ0v) is 19.7. The molecule has 2 aliphatic heterocycles. The molecule has 1 N–H and O–H groups in total. The third-order valence-corrected chi connectivity index (χ3v) is 6.48. The highest BCUT2D eigenvalue weighted by Gasteiger charge is 2.32. The Hall–Kier alpha value is -2.55. The van der Waals surface area contributed by atoms with E-state index in [-0.39, 0.29) is 23.6 Å². The van der Waals surface area contributed by atoms with Gasteiger partial charge in [-0.25, -0.2) is 4.39 Å². The highest BCUT2D eigenvalue weighted by molar-refractivity contribution is 5.79.